The number of amides is 2. The first-order chi connectivity index (χ1) is 18.6. The van der Waals surface area contributed by atoms with Gasteiger partial charge in [0.1, 0.15) is 16.5 Å². The van der Waals surface area contributed by atoms with E-state index in [9.17, 15) is 9.59 Å². The van der Waals surface area contributed by atoms with Gasteiger partial charge in [-0.25, -0.2) is 4.98 Å². The molecule has 192 valence electrons. The highest BCUT2D eigenvalue weighted by Crippen LogP contribution is 2.37. The van der Waals surface area contributed by atoms with Gasteiger partial charge in [0.2, 0.25) is 0 Å². The summed E-state index contributed by atoms with van der Waals surface area (Å²) in [7, 11) is 0. The van der Waals surface area contributed by atoms with E-state index in [1.807, 2.05) is 59.5 Å². The predicted molar refractivity (Wildman–Crippen MR) is 148 cm³/mol. The zero-order valence-electron chi connectivity index (χ0n) is 20.5. The Labute approximate surface area is 229 Å². The standard InChI is InChI=1S/C29H25ClN4O3S/c30-20-5-1-4-19(16-20)26-25(33-28(38-26)18-9-12-31-13-10-18)29(36)34-14-3-6-21(34)17-32-27(35)23-7-2-8-24-22(23)11-15-37-24/h1-2,4-5,7-10,12-13,16,21H,3,6,11,14-15,17H2,(H,32,35)/t21-/m0/s1. The summed E-state index contributed by atoms with van der Waals surface area (Å²) in [6.45, 7) is 1.59. The molecule has 0 aliphatic carbocycles. The minimum absolute atomic E-state index is 0.113. The van der Waals surface area contributed by atoms with Crippen LogP contribution < -0.4 is 10.1 Å². The van der Waals surface area contributed by atoms with Gasteiger partial charge in [-0.15, -0.1) is 11.3 Å². The van der Waals surface area contributed by atoms with Crippen LogP contribution in [0.25, 0.3) is 21.0 Å². The Bertz CT molecular complexity index is 1510. The molecule has 7 nitrogen and oxygen atoms in total. The van der Waals surface area contributed by atoms with E-state index in [0.29, 0.717) is 36.0 Å². The van der Waals surface area contributed by atoms with E-state index in [-0.39, 0.29) is 17.9 Å². The molecule has 38 heavy (non-hydrogen) atoms. The van der Waals surface area contributed by atoms with Gasteiger partial charge in [-0.3, -0.25) is 14.6 Å². The van der Waals surface area contributed by atoms with Crippen LogP contribution in [0.15, 0.2) is 67.0 Å². The van der Waals surface area contributed by atoms with Gasteiger partial charge in [-0.2, -0.15) is 0 Å². The molecular weight excluding hydrogens is 520 g/mol. The van der Waals surface area contributed by atoms with Crippen molar-refractivity contribution in [1.29, 1.82) is 0 Å². The molecule has 4 heterocycles. The van der Waals surface area contributed by atoms with Crippen molar-refractivity contribution in [3.63, 3.8) is 0 Å². The second kappa shape index (κ2) is 10.6. The van der Waals surface area contributed by atoms with E-state index in [4.69, 9.17) is 21.3 Å². The van der Waals surface area contributed by atoms with Crippen molar-refractivity contribution >= 4 is 34.8 Å². The summed E-state index contributed by atoms with van der Waals surface area (Å²) in [5.41, 5.74) is 3.74. The smallest absolute Gasteiger partial charge is 0.274 e. The Morgan fingerprint density at radius 3 is 2.79 bits per heavy atom. The van der Waals surface area contributed by atoms with Crippen LogP contribution in [0.4, 0.5) is 0 Å². The highest BCUT2D eigenvalue weighted by atomic mass is 35.5. The van der Waals surface area contributed by atoms with Crippen molar-refractivity contribution in [3.05, 3.63) is 88.8 Å². The highest BCUT2D eigenvalue weighted by Gasteiger charge is 2.33. The predicted octanol–water partition coefficient (Wildman–Crippen LogP) is 5.50. The zero-order valence-corrected chi connectivity index (χ0v) is 22.1. The van der Waals surface area contributed by atoms with Crippen LogP contribution in [0.1, 0.15) is 39.3 Å². The summed E-state index contributed by atoms with van der Waals surface area (Å²) >= 11 is 7.75. The molecule has 1 saturated heterocycles. The molecule has 2 aromatic carbocycles. The number of likely N-dealkylation sites (tertiary alicyclic amines) is 1. The summed E-state index contributed by atoms with van der Waals surface area (Å²) in [5, 5.41) is 4.40. The van der Waals surface area contributed by atoms with Crippen LogP contribution in [0.5, 0.6) is 5.75 Å². The number of fused-ring (bicyclic) bond motifs is 1. The minimum Gasteiger partial charge on any atom is -0.493 e. The van der Waals surface area contributed by atoms with E-state index in [1.165, 1.54) is 11.3 Å². The van der Waals surface area contributed by atoms with Crippen LogP contribution in [0, 0.1) is 0 Å². The summed E-state index contributed by atoms with van der Waals surface area (Å²) in [4.78, 5) is 38.5. The van der Waals surface area contributed by atoms with Gasteiger partial charge < -0.3 is 15.0 Å². The first-order valence-electron chi connectivity index (χ1n) is 12.6. The molecule has 6 rings (SSSR count). The van der Waals surface area contributed by atoms with Crippen molar-refractivity contribution in [3.8, 4) is 26.8 Å². The van der Waals surface area contributed by atoms with E-state index in [0.717, 1.165) is 51.6 Å². The molecule has 1 fully saturated rings. The minimum atomic E-state index is -0.139. The van der Waals surface area contributed by atoms with E-state index >= 15 is 0 Å². The fourth-order valence-corrected chi connectivity index (χ4v) is 6.35. The number of halogens is 1. The third-order valence-electron chi connectivity index (χ3n) is 6.97. The number of nitrogens with zero attached hydrogens (tertiary/aromatic N) is 3. The van der Waals surface area contributed by atoms with Crippen LogP contribution >= 0.6 is 22.9 Å². The molecule has 9 heteroatoms. The second-order valence-corrected chi connectivity index (χ2v) is 10.8. The molecule has 0 unspecified atom stereocenters. The highest BCUT2D eigenvalue weighted by molar-refractivity contribution is 7.18. The monoisotopic (exact) mass is 544 g/mol. The fourth-order valence-electron chi connectivity index (χ4n) is 5.10. The van der Waals surface area contributed by atoms with Crippen molar-refractivity contribution in [2.24, 2.45) is 0 Å². The molecule has 1 N–H and O–H groups in total. The topological polar surface area (TPSA) is 84.4 Å². The Balaban J connectivity index is 1.25. The van der Waals surface area contributed by atoms with Gasteiger partial charge in [0.05, 0.1) is 11.5 Å². The molecule has 4 aromatic rings. The Morgan fingerprint density at radius 2 is 1.95 bits per heavy atom. The lowest BCUT2D eigenvalue weighted by molar-refractivity contribution is 0.0721. The Hall–Kier alpha value is -3.75. The lowest BCUT2D eigenvalue weighted by atomic mass is 10.0. The van der Waals surface area contributed by atoms with Gasteiger partial charge in [-0.1, -0.05) is 29.8 Å². The largest absolute Gasteiger partial charge is 0.493 e. The number of benzene rings is 2. The summed E-state index contributed by atoms with van der Waals surface area (Å²) in [5.74, 6) is 0.500. The Kier molecular flexibility index (Phi) is 6.82. The number of hydrogen-bond donors (Lipinski definition) is 1. The van der Waals surface area contributed by atoms with E-state index in [1.54, 1.807) is 12.4 Å². The molecule has 1 atom stereocenters. The van der Waals surface area contributed by atoms with E-state index in [2.05, 4.69) is 10.3 Å². The van der Waals surface area contributed by atoms with Crippen molar-refractivity contribution in [2.45, 2.75) is 25.3 Å². The number of pyridine rings is 1. The van der Waals surface area contributed by atoms with E-state index < -0.39 is 0 Å². The lowest BCUT2D eigenvalue weighted by Crippen LogP contribution is -2.43. The number of thiazole rings is 1. The van der Waals surface area contributed by atoms with Crippen molar-refractivity contribution in [2.75, 3.05) is 19.7 Å². The first kappa shape index (κ1) is 24.6. The maximum atomic E-state index is 13.9. The van der Waals surface area contributed by atoms with Crippen molar-refractivity contribution in [1.82, 2.24) is 20.2 Å². The molecule has 2 aliphatic heterocycles. The first-order valence-corrected chi connectivity index (χ1v) is 13.8. The molecular formula is C29H25ClN4O3S. The maximum absolute atomic E-state index is 13.9. The third kappa shape index (κ3) is 4.77. The molecule has 0 bridgehead atoms. The number of carbonyl (C=O) groups is 2. The SMILES string of the molecule is O=C(NC[C@@H]1CCCN1C(=O)c1nc(-c2ccncc2)sc1-c1cccc(Cl)c1)c1cccc2c1CCO2. The molecule has 2 aromatic heterocycles. The average Bonchev–Trinajstić information content (AvgIpc) is 3.71. The van der Waals surface area contributed by atoms with Gasteiger partial charge in [-0.05, 0) is 54.8 Å². The quantitative estimate of drug-likeness (QED) is 0.347. The molecule has 2 aliphatic rings. The summed E-state index contributed by atoms with van der Waals surface area (Å²) < 4.78 is 5.60. The average molecular weight is 545 g/mol. The normalized spacial score (nSPS) is 16.2. The second-order valence-electron chi connectivity index (χ2n) is 9.33. The number of aromatic nitrogens is 2. The molecule has 0 saturated carbocycles. The number of carbonyl (C=O) groups excluding carboxylic acids is 2. The number of ether oxygens (including phenoxy) is 1. The van der Waals surface area contributed by atoms with Crippen LogP contribution in [-0.4, -0.2) is 52.4 Å². The molecule has 2 amide bonds. The maximum Gasteiger partial charge on any atom is 0.274 e. The number of nitrogens with one attached hydrogen (secondary N) is 1. The van der Waals surface area contributed by atoms with Crippen LogP contribution in [0.2, 0.25) is 5.02 Å². The van der Waals surface area contributed by atoms with Crippen molar-refractivity contribution < 1.29 is 14.3 Å². The van der Waals surface area contributed by atoms with Gasteiger partial charge in [0, 0.05) is 59.7 Å². The number of rotatable bonds is 6. The summed E-state index contributed by atoms with van der Waals surface area (Å²) in [6, 6.07) is 16.7. The van der Waals surface area contributed by atoms with Crippen LogP contribution in [0.3, 0.4) is 0 Å². The summed E-state index contributed by atoms with van der Waals surface area (Å²) in [6.07, 6.45) is 5.84. The molecule has 0 spiro atoms. The molecule has 0 radical (unpaired) electrons. The Morgan fingerprint density at radius 1 is 1.11 bits per heavy atom. The van der Waals surface area contributed by atoms with Gasteiger partial charge in [0.15, 0.2) is 0 Å². The third-order valence-corrected chi connectivity index (χ3v) is 8.36. The fraction of sp³-hybridized carbons (Fsp3) is 0.241. The zero-order chi connectivity index (χ0) is 26.1. The number of hydrogen-bond acceptors (Lipinski definition) is 6. The van der Waals surface area contributed by atoms with Gasteiger partial charge >= 0.3 is 0 Å². The van der Waals surface area contributed by atoms with Gasteiger partial charge in [0.25, 0.3) is 11.8 Å². The van der Waals surface area contributed by atoms with Crippen LogP contribution in [-0.2, 0) is 6.42 Å². The lowest BCUT2D eigenvalue weighted by Gasteiger charge is -2.25.